The molecule has 1 fully saturated rings. The minimum Gasteiger partial charge on any atom is -0.363 e. The van der Waals surface area contributed by atoms with Crippen LogP contribution >= 0.6 is 11.8 Å². The fraction of sp³-hybridized carbons (Fsp3) is 0.500. The molecular weight excluding hydrogens is 390 g/mol. The summed E-state index contributed by atoms with van der Waals surface area (Å²) in [6.07, 6.45) is 11.5. The number of pyridine rings is 2. The molecule has 0 N–H and O–H groups in total. The molecule has 0 radical (unpaired) electrons. The molecule has 4 rings (SSSR count). The molecule has 0 spiro atoms. The summed E-state index contributed by atoms with van der Waals surface area (Å²) < 4.78 is 2.30. The van der Waals surface area contributed by atoms with E-state index in [1.165, 1.54) is 30.6 Å². The van der Waals surface area contributed by atoms with Gasteiger partial charge in [0.15, 0.2) is 0 Å². The van der Waals surface area contributed by atoms with E-state index in [4.69, 9.17) is 4.98 Å². The van der Waals surface area contributed by atoms with E-state index in [0.29, 0.717) is 0 Å². The number of nitrogens with zero attached hydrogens (tertiary/aromatic N) is 5. The number of thioether (sulfide) groups is 1. The lowest BCUT2D eigenvalue weighted by Gasteiger charge is -2.33. The summed E-state index contributed by atoms with van der Waals surface area (Å²) >= 11 is 1.75. The summed E-state index contributed by atoms with van der Waals surface area (Å²) in [6.45, 7) is 6.63. The molecule has 3 heterocycles. The standard InChI is InChI=1S/C24H33N5S/c1-6-12-28(16-18-9-7-10-18)24-23(30-5)26-22-19(11-8-13-29(22)24)20-15-25-21(27(3)4)14-17(20)2/h8,11,13-15,18H,6-7,9-10,12,16H2,1-5H3. The fourth-order valence-electron chi connectivity index (χ4n) is 4.28. The van der Waals surface area contributed by atoms with E-state index in [-0.39, 0.29) is 0 Å². The Kier molecular flexibility index (Phi) is 6.23. The van der Waals surface area contributed by atoms with Crippen molar-refractivity contribution in [1.82, 2.24) is 14.4 Å². The van der Waals surface area contributed by atoms with Crippen molar-refractivity contribution in [3.8, 4) is 11.1 Å². The zero-order chi connectivity index (χ0) is 21.3. The number of imidazole rings is 1. The molecule has 0 amide bonds. The third kappa shape index (κ3) is 3.89. The number of hydrogen-bond donors (Lipinski definition) is 0. The van der Waals surface area contributed by atoms with Gasteiger partial charge in [-0.3, -0.25) is 4.40 Å². The van der Waals surface area contributed by atoms with Crippen molar-refractivity contribution in [3.05, 3.63) is 36.2 Å². The van der Waals surface area contributed by atoms with Gasteiger partial charge in [-0.05, 0) is 62.1 Å². The monoisotopic (exact) mass is 423 g/mol. The summed E-state index contributed by atoms with van der Waals surface area (Å²) in [5.74, 6) is 3.06. The second-order valence-corrected chi connectivity index (χ2v) is 9.35. The lowest BCUT2D eigenvalue weighted by Crippen LogP contribution is -2.34. The molecule has 0 aliphatic heterocycles. The second kappa shape index (κ2) is 8.88. The van der Waals surface area contributed by atoms with E-state index in [2.05, 4.69) is 58.8 Å². The van der Waals surface area contributed by atoms with Crippen LogP contribution in [-0.4, -0.2) is 47.8 Å². The maximum atomic E-state index is 5.11. The van der Waals surface area contributed by atoms with Gasteiger partial charge in [0, 0.05) is 50.7 Å². The molecule has 3 aromatic rings. The minimum absolute atomic E-state index is 0.824. The van der Waals surface area contributed by atoms with E-state index in [1.54, 1.807) is 11.8 Å². The van der Waals surface area contributed by atoms with Crippen molar-refractivity contribution in [2.24, 2.45) is 5.92 Å². The molecule has 5 nitrogen and oxygen atoms in total. The Morgan fingerprint density at radius 2 is 2.03 bits per heavy atom. The quantitative estimate of drug-likeness (QED) is 0.447. The topological polar surface area (TPSA) is 36.7 Å². The summed E-state index contributed by atoms with van der Waals surface area (Å²) in [6, 6.07) is 6.47. The fourth-order valence-corrected chi connectivity index (χ4v) is 4.87. The first-order valence-electron chi connectivity index (χ1n) is 11.0. The predicted molar refractivity (Wildman–Crippen MR) is 129 cm³/mol. The van der Waals surface area contributed by atoms with Crippen LogP contribution in [0.25, 0.3) is 16.8 Å². The van der Waals surface area contributed by atoms with Gasteiger partial charge in [-0.2, -0.15) is 0 Å². The third-order valence-electron chi connectivity index (χ3n) is 6.13. The Balaban J connectivity index is 1.82. The largest absolute Gasteiger partial charge is 0.363 e. The molecular formula is C24H33N5S. The lowest BCUT2D eigenvalue weighted by molar-refractivity contribution is 0.316. The highest BCUT2D eigenvalue weighted by Gasteiger charge is 2.25. The number of aryl methyl sites for hydroxylation is 1. The first-order valence-corrected chi connectivity index (χ1v) is 12.2. The van der Waals surface area contributed by atoms with Gasteiger partial charge >= 0.3 is 0 Å². The summed E-state index contributed by atoms with van der Waals surface area (Å²) in [7, 11) is 4.05. The zero-order valence-corrected chi connectivity index (χ0v) is 19.7. The smallest absolute Gasteiger partial charge is 0.147 e. The molecule has 0 atom stereocenters. The highest BCUT2D eigenvalue weighted by molar-refractivity contribution is 7.98. The Hall–Kier alpha value is -2.21. The normalized spacial score (nSPS) is 14.2. The van der Waals surface area contributed by atoms with Crippen LogP contribution in [0.2, 0.25) is 0 Å². The Morgan fingerprint density at radius 3 is 2.63 bits per heavy atom. The molecule has 30 heavy (non-hydrogen) atoms. The molecule has 0 aromatic carbocycles. The molecule has 0 bridgehead atoms. The van der Waals surface area contributed by atoms with E-state index in [0.717, 1.165) is 53.0 Å². The van der Waals surface area contributed by atoms with E-state index in [1.807, 2.05) is 25.2 Å². The molecule has 1 saturated carbocycles. The van der Waals surface area contributed by atoms with Gasteiger partial charge in [-0.1, -0.05) is 13.3 Å². The maximum absolute atomic E-state index is 5.11. The summed E-state index contributed by atoms with van der Waals surface area (Å²) in [4.78, 5) is 14.4. The average molecular weight is 424 g/mol. The second-order valence-electron chi connectivity index (χ2n) is 8.55. The molecule has 0 unspecified atom stereocenters. The third-order valence-corrected chi connectivity index (χ3v) is 6.79. The first kappa shape index (κ1) is 21.0. The van der Waals surface area contributed by atoms with Crippen LogP contribution < -0.4 is 9.80 Å². The maximum Gasteiger partial charge on any atom is 0.147 e. The van der Waals surface area contributed by atoms with Gasteiger partial charge < -0.3 is 9.80 Å². The Labute approximate surface area is 184 Å². The van der Waals surface area contributed by atoms with Crippen molar-refractivity contribution in [1.29, 1.82) is 0 Å². The Morgan fingerprint density at radius 1 is 1.23 bits per heavy atom. The minimum atomic E-state index is 0.824. The van der Waals surface area contributed by atoms with Crippen LogP contribution in [0.4, 0.5) is 11.6 Å². The molecule has 1 aliphatic rings. The highest BCUT2D eigenvalue weighted by atomic mass is 32.2. The van der Waals surface area contributed by atoms with Gasteiger partial charge in [-0.15, -0.1) is 11.8 Å². The van der Waals surface area contributed by atoms with Crippen LogP contribution in [0.1, 0.15) is 38.2 Å². The van der Waals surface area contributed by atoms with Gasteiger partial charge in [-0.25, -0.2) is 9.97 Å². The highest BCUT2D eigenvalue weighted by Crippen LogP contribution is 2.37. The van der Waals surface area contributed by atoms with Crippen LogP contribution in [0.3, 0.4) is 0 Å². The van der Waals surface area contributed by atoms with Crippen molar-refractivity contribution in [3.63, 3.8) is 0 Å². The van der Waals surface area contributed by atoms with Crippen molar-refractivity contribution in [2.45, 2.75) is 44.6 Å². The van der Waals surface area contributed by atoms with E-state index < -0.39 is 0 Å². The van der Waals surface area contributed by atoms with Crippen LogP contribution in [-0.2, 0) is 0 Å². The summed E-state index contributed by atoms with van der Waals surface area (Å²) in [5.41, 5.74) is 4.54. The van der Waals surface area contributed by atoms with Gasteiger partial charge in [0.2, 0.25) is 0 Å². The molecule has 3 aromatic heterocycles. The predicted octanol–water partition coefficient (Wildman–Crippen LogP) is 5.51. The zero-order valence-electron chi connectivity index (χ0n) is 18.9. The van der Waals surface area contributed by atoms with Gasteiger partial charge in [0.1, 0.15) is 22.3 Å². The van der Waals surface area contributed by atoms with Crippen molar-refractivity contribution >= 4 is 29.0 Å². The SMILES string of the molecule is CCCN(CC1CCC1)c1c(SC)nc2c(-c3cnc(N(C)C)cc3C)cccn12. The van der Waals surface area contributed by atoms with E-state index >= 15 is 0 Å². The molecule has 0 saturated heterocycles. The van der Waals surface area contributed by atoms with E-state index in [9.17, 15) is 0 Å². The average Bonchev–Trinajstić information content (AvgIpc) is 3.08. The number of aromatic nitrogens is 3. The van der Waals surface area contributed by atoms with Crippen LogP contribution in [0.5, 0.6) is 0 Å². The summed E-state index contributed by atoms with van der Waals surface area (Å²) in [5, 5.41) is 1.12. The van der Waals surface area contributed by atoms with Crippen molar-refractivity contribution < 1.29 is 0 Å². The molecule has 1 aliphatic carbocycles. The number of hydrogen-bond acceptors (Lipinski definition) is 5. The number of anilines is 2. The van der Waals surface area contributed by atoms with Crippen LogP contribution in [0, 0.1) is 12.8 Å². The van der Waals surface area contributed by atoms with Gasteiger partial charge in [0.25, 0.3) is 0 Å². The van der Waals surface area contributed by atoms with Crippen LogP contribution in [0.15, 0.2) is 35.6 Å². The lowest BCUT2D eigenvalue weighted by atomic mass is 9.85. The van der Waals surface area contributed by atoms with Crippen molar-refractivity contribution in [2.75, 3.05) is 43.2 Å². The number of fused-ring (bicyclic) bond motifs is 1. The van der Waals surface area contributed by atoms with Gasteiger partial charge in [0.05, 0.1) is 0 Å². The molecule has 160 valence electrons. The first-order chi connectivity index (χ1) is 14.5. The number of rotatable bonds is 8. The molecule has 6 heteroatoms. The Bertz CT molecular complexity index is 1020.